The highest BCUT2D eigenvalue weighted by molar-refractivity contribution is 6.23. The summed E-state index contributed by atoms with van der Waals surface area (Å²) >= 11 is 0. The molecule has 0 saturated heterocycles. The number of furan rings is 1. The van der Waals surface area contributed by atoms with Crippen molar-refractivity contribution < 1.29 is 4.42 Å². The highest BCUT2D eigenvalue weighted by Gasteiger charge is 2.24. The van der Waals surface area contributed by atoms with Crippen LogP contribution in [-0.4, -0.2) is 0 Å². The fourth-order valence-electron chi connectivity index (χ4n) is 8.63. The van der Waals surface area contributed by atoms with Gasteiger partial charge in [0.15, 0.2) is 5.58 Å². The summed E-state index contributed by atoms with van der Waals surface area (Å²) in [6.07, 6.45) is 0. The average molecular weight is 688 g/mol. The van der Waals surface area contributed by atoms with Crippen LogP contribution in [0.15, 0.2) is 205 Å². The van der Waals surface area contributed by atoms with E-state index in [-0.39, 0.29) is 0 Å². The second-order valence-corrected chi connectivity index (χ2v) is 14.0. The Morgan fingerprint density at radius 2 is 0.796 bits per heavy atom. The molecule has 0 spiro atoms. The first kappa shape index (κ1) is 30.5. The summed E-state index contributed by atoms with van der Waals surface area (Å²) in [4.78, 5) is 2.40. The van der Waals surface area contributed by atoms with Gasteiger partial charge < -0.3 is 9.32 Å². The Kier molecular flexibility index (Phi) is 6.90. The molecule has 252 valence electrons. The van der Waals surface area contributed by atoms with Crippen LogP contribution < -0.4 is 4.90 Å². The van der Waals surface area contributed by atoms with E-state index >= 15 is 0 Å². The third kappa shape index (κ3) is 4.67. The van der Waals surface area contributed by atoms with Crippen LogP contribution in [0.2, 0.25) is 0 Å². The molecular formula is C52H33NO. The molecule has 0 unspecified atom stereocenters. The summed E-state index contributed by atoms with van der Waals surface area (Å²) in [5, 5.41) is 11.8. The number of fused-ring (bicyclic) bond motifs is 9. The fraction of sp³-hybridized carbons (Fsp3) is 0. The lowest BCUT2D eigenvalue weighted by molar-refractivity contribution is 0.673. The lowest BCUT2D eigenvalue weighted by Crippen LogP contribution is -2.11. The molecule has 0 N–H and O–H groups in total. The van der Waals surface area contributed by atoms with Crippen molar-refractivity contribution in [2.24, 2.45) is 0 Å². The van der Waals surface area contributed by atoms with Gasteiger partial charge in [-0.25, -0.2) is 0 Å². The summed E-state index contributed by atoms with van der Waals surface area (Å²) in [6, 6.07) is 72.2. The molecule has 0 bridgehead atoms. The van der Waals surface area contributed by atoms with E-state index in [1.807, 2.05) is 0 Å². The third-order valence-corrected chi connectivity index (χ3v) is 11.0. The maximum atomic E-state index is 7.01. The Balaban J connectivity index is 1.27. The zero-order valence-electron chi connectivity index (χ0n) is 29.4. The Morgan fingerprint density at radius 1 is 0.296 bits per heavy atom. The molecular weight excluding hydrogens is 655 g/mol. The lowest BCUT2D eigenvalue weighted by Gasteiger charge is -2.28. The summed E-state index contributed by atoms with van der Waals surface area (Å²) < 4.78 is 7.01. The standard InChI is InChI=1S/C52H33NO/c1-3-17-36(18-4-1)49-43-25-12-11-24-41(43)42-32-30-38(33-46(42)50(49)37-19-5-2-6-20-37)53(47-27-13-21-34-15-7-9-22-39(34)47)48-28-14-26-44-45-31-29-35-16-8-10-23-40(35)51(45)54-52(44)48/h1-33H. The average Bonchev–Trinajstić information content (AvgIpc) is 3.64. The van der Waals surface area contributed by atoms with Crippen molar-refractivity contribution in [3.63, 3.8) is 0 Å². The van der Waals surface area contributed by atoms with E-state index in [9.17, 15) is 0 Å². The Labute approximate surface area is 312 Å². The van der Waals surface area contributed by atoms with Crippen molar-refractivity contribution in [2.45, 2.75) is 0 Å². The summed E-state index contributed by atoms with van der Waals surface area (Å²) in [5.41, 5.74) is 9.78. The predicted octanol–water partition coefficient (Wildman–Crippen LogP) is 15.0. The Bertz CT molecular complexity index is 3210. The number of hydrogen-bond acceptors (Lipinski definition) is 2. The van der Waals surface area contributed by atoms with Crippen LogP contribution in [-0.2, 0) is 0 Å². The number of rotatable bonds is 5. The van der Waals surface area contributed by atoms with Gasteiger partial charge in [0, 0.05) is 27.2 Å². The molecule has 2 heteroatoms. The minimum atomic E-state index is 0.864. The minimum absolute atomic E-state index is 0.864. The minimum Gasteiger partial charge on any atom is -0.453 e. The van der Waals surface area contributed by atoms with Crippen LogP contribution >= 0.6 is 0 Å². The number of hydrogen-bond donors (Lipinski definition) is 0. The van der Waals surface area contributed by atoms with Gasteiger partial charge in [0.1, 0.15) is 5.58 Å². The molecule has 11 rings (SSSR count). The second-order valence-electron chi connectivity index (χ2n) is 14.0. The molecule has 54 heavy (non-hydrogen) atoms. The van der Waals surface area contributed by atoms with E-state index in [0.717, 1.165) is 44.4 Å². The van der Waals surface area contributed by atoms with Gasteiger partial charge >= 0.3 is 0 Å². The second kappa shape index (κ2) is 12.2. The molecule has 0 aliphatic heterocycles. The van der Waals surface area contributed by atoms with Crippen molar-refractivity contribution in [3.8, 4) is 22.3 Å². The Morgan fingerprint density at radius 3 is 1.56 bits per heavy atom. The van der Waals surface area contributed by atoms with Crippen LogP contribution in [0, 0.1) is 0 Å². The van der Waals surface area contributed by atoms with Gasteiger partial charge in [-0.3, -0.25) is 0 Å². The molecule has 0 radical (unpaired) electrons. The number of para-hydroxylation sites is 1. The molecule has 10 aromatic carbocycles. The van der Waals surface area contributed by atoms with Crippen LogP contribution in [0.1, 0.15) is 0 Å². The molecule has 0 amide bonds. The first-order valence-electron chi connectivity index (χ1n) is 18.5. The normalized spacial score (nSPS) is 11.7. The van der Waals surface area contributed by atoms with Crippen molar-refractivity contribution >= 4 is 82.1 Å². The van der Waals surface area contributed by atoms with Gasteiger partial charge in [0.05, 0.1) is 11.4 Å². The quantitative estimate of drug-likeness (QED) is 0.168. The monoisotopic (exact) mass is 687 g/mol. The van der Waals surface area contributed by atoms with Gasteiger partial charge in [-0.1, -0.05) is 170 Å². The van der Waals surface area contributed by atoms with E-state index in [4.69, 9.17) is 4.42 Å². The predicted molar refractivity (Wildman–Crippen MR) is 229 cm³/mol. The van der Waals surface area contributed by atoms with Gasteiger partial charge in [-0.15, -0.1) is 0 Å². The molecule has 2 nitrogen and oxygen atoms in total. The van der Waals surface area contributed by atoms with Crippen molar-refractivity contribution in [1.82, 2.24) is 0 Å². The molecule has 1 aromatic heterocycles. The van der Waals surface area contributed by atoms with Crippen molar-refractivity contribution in [2.75, 3.05) is 4.90 Å². The van der Waals surface area contributed by atoms with E-state index in [2.05, 4.69) is 205 Å². The van der Waals surface area contributed by atoms with Gasteiger partial charge in [0.2, 0.25) is 0 Å². The first-order valence-corrected chi connectivity index (χ1v) is 18.5. The largest absolute Gasteiger partial charge is 0.453 e. The van der Waals surface area contributed by atoms with E-state index < -0.39 is 0 Å². The molecule has 11 aromatic rings. The van der Waals surface area contributed by atoms with E-state index in [1.165, 1.54) is 60.0 Å². The first-order chi connectivity index (χ1) is 26.8. The number of anilines is 3. The fourth-order valence-corrected chi connectivity index (χ4v) is 8.63. The molecule has 0 fully saturated rings. The number of benzene rings is 10. The zero-order chi connectivity index (χ0) is 35.6. The van der Waals surface area contributed by atoms with Crippen LogP contribution in [0.3, 0.4) is 0 Å². The number of nitrogens with zero attached hydrogens (tertiary/aromatic N) is 1. The van der Waals surface area contributed by atoms with Crippen LogP contribution in [0.25, 0.3) is 87.3 Å². The Hall–Kier alpha value is -7.16. The maximum Gasteiger partial charge on any atom is 0.159 e. The van der Waals surface area contributed by atoms with Crippen LogP contribution in [0.4, 0.5) is 17.1 Å². The summed E-state index contributed by atoms with van der Waals surface area (Å²) in [5.74, 6) is 0. The van der Waals surface area contributed by atoms with Gasteiger partial charge in [-0.2, -0.15) is 0 Å². The van der Waals surface area contributed by atoms with Crippen molar-refractivity contribution in [1.29, 1.82) is 0 Å². The van der Waals surface area contributed by atoms with Crippen LogP contribution in [0.5, 0.6) is 0 Å². The maximum absolute atomic E-state index is 7.01. The SMILES string of the molecule is c1ccc(-c2c(-c3ccccc3)c3cc(N(c4cccc5ccccc45)c4cccc5c4oc4c6ccccc6ccc54)ccc3c3ccccc23)cc1. The van der Waals surface area contributed by atoms with E-state index in [1.54, 1.807) is 0 Å². The lowest BCUT2D eigenvalue weighted by atomic mass is 9.85. The summed E-state index contributed by atoms with van der Waals surface area (Å²) in [6.45, 7) is 0. The highest BCUT2D eigenvalue weighted by Crippen LogP contribution is 2.49. The molecule has 1 heterocycles. The van der Waals surface area contributed by atoms with E-state index in [0.29, 0.717) is 0 Å². The van der Waals surface area contributed by atoms with Crippen molar-refractivity contribution in [3.05, 3.63) is 200 Å². The summed E-state index contributed by atoms with van der Waals surface area (Å²) in [7, 11) is 0. The topological polar surface area (TPSA) is 16.4 Å². The molecule has 0 saturated carbocycles. The molecule has 0 aliphatic rings. The highest BCUT2D eigenvalue weighted by atomic mass is 16.3. The smallest absolute Gasteiger partial charge is 0.159 e. The van der Waals surface area contributed by atoms with Gasteiger partial charge in [-0.05, 0) is 84.9 Å². The van der Waals surface area contributed by atoms with Gasteiger partial charge in [0.25, 0.3) is 0 Å². The third-order valence-electron chi connectivity index (χ3n) is 11.0. The zero-order valence-corrected chi connectivity index (χ0v) is 29.4. The molecule has 0 aliphatic carbocycles. The molecule has 0 atom stereocenters.